The number of carbonyl (C=O) groups excluding carboxylic acids is 2. The fourth-order valence-electron chi connectivity index (χ4n) is 3.20. The Hall–Kier alpha value is -3.06. The summed E-state index contributed by atoms with van der Waals surface area (Å²) in [6.07, 6.45) is 0.910. The van der Waals surface area contributed by atoms with Gasteiger partial charge in [-0.1, -0.05) is 24.3 Å². The van der Waals surface area contributed by atoms with Gasteiger partial charge in [-0.3, -0.25) is 15.0 Å². The van der Waals surface area contributed by atoms with Crippen LogP contribution in [0.3, 0.4) is 0 Å². The number of benzene rings is 2. The Balaban J connectivity index is 1.29. The first-order valence-corrected chi connectivity index (χ1v) is 8.47. The second-order valence-electron chi connectivity index (χ2n) is 6.30. The van der Waals surface area contributed by atoms with Crippen molar-refractivity contribution < 1.29 is 19.1 Å². The molecule has 4 rings (SSSR count). The molecule has 0 atom stereocenters. The largest absolute Gasteiger partial charge is 0.454 e. The molecule has 0 bridgehead atoms. The van der Waals surface area contributed by atoms with Crippen LogP contribution in [0.4, 0.5) is 10.5 Å². The molecule has 3 amide bonds. The molecule has 134 valence electrons. The van der Waals surface area contributed by atoms with Gasteiger partial charge in [-0.05, 0) is 29.7 Å². The van der Waals surface area contributed by atoms with Gasteiger partial charge < -0.3 is 14.8 Å². The Bertz CT molecular complexity index is 852. The average molecular weight is 353 g/mol. The van der Waals surface area contributed by atoms with E-state index in [1.165, 1.54) is 11.1 Å². The molecular weight excluding hydrogens is 334 g/mol. The highest BCUT2D eigenvalue weighted by Crippen LogP contribution is 2.34. The zero-order valence-corrected chi connectivity index (χ0v) is 14.2. The van der Waals surface area contributed by atoms with Crippen molar-refractivity contribution in [2.24, 2.45) is 0 Å². The fourth-order valence-corrected chi connectivity index (χ4v) is 3.20. The molecule has 0 spiro atoms. The molecule has 0 aromatic heterocycles. The number of urea groups is 1. The van der Waals surface area contributed by atoms with E-state index in [4.69, 9.17) is 9.47 Å². The fraction of sp³-hybridized carbons (Fsp3) is 0.263. The number of hydrogen-bond donors (Lipinski definition) is 2. The molecule has 7 nitrogen and oxygen atoms in total. The van der Waals surface area contributed by atoms with Crippen molar-refractivity contribution >= 4 is 17.6 Å². The van der Waals surface area contributed by atoms with Gasteiger partial charge in [0.05, 0.1) is 6.54 Å². The van der Waals surface area contributed by atoms with Crippen molar-refractivity contribution in [1.82, 2.24) is 10.2 Å². The minimum atomic E-state index is -0.564. The number of ether oxygens (including phenoxy) is 2. The monoisotopic (exact) mass is 353 g/mol. The van der Waals surface area contributed by atoms with Crippen molar-refractivity contribution in [3.05, 3.63) is 53.6 Å². The number of amides is 3. The van der Waals surface area contributed by atoms with Gasteiger partial charge in [-0.15, -0.1) is 0 Å². The van der Waals surface area contributed by atoms with Crippen molar-refractivity contribution in [2.45, 2.75) is 13.0 Å². The van der Waals surface area contributed by atoms with Crippen molar-refractivity contribution in [2.75, 3.05) is 25.2 Å². The summed E-state index contributed by atoms with van der Waals surface area (Å²) in [6.45, 7) is 1.87. The zero-order chi connectivity index (χ0) is 17.9. The van der Waals surface area contributed by atoms with Crippen LogP contribution in [-0.4, -0.2) is 36.7 Å². The van der Waals surface area contributed by atoms with E-state index in [9.17, 15) is 9.59 Å². The van der Waals surface area contributed by atoms with Gasteiger partial charge >= 0.3 is 6.03 Å². The second kappa shape index (κ2) is 7.05. The van der Waals surface area contributed by atoms with Gasteiger partial charge in [0.1, 0.15) is 0 Å². The minimum Gasteiger partial charge on any atom is -0.454 e. The molecule has 0 unspecified atom stereocenters. The molecule has 2 aromatic carbocycles. The summed E-state index contributed by atoms with van der Waals surface area (Å²) >= 11 is 0. The Labute approximate surface area is 150 Å². The highest BCUT2D eigenvalue weighted by molar-refractivity contribution is 6.01. The second-order valence-corrected chi connectivity index (χ2v) is 6.30. The summed E-state index contributed by atoms with van der Waals surface area (Å²) in [5, 5.41) is 5.00. The molecule has 2 aliphatic heterocycles. The van der Waals surface area contributed by atoms with Crippen LogP contribution in [0.15, 0.2) is 42.5 Å². The van der Waals surface area contributed by atoms with Crippen LogP contribution in [0.2, 0.25) is 0 Å². The Morgan fingerprint density at radius 2 is 1.85 bits per heavy atom. The third-order valence-electron chi connectivity index (χ3n) is 4.46. The van der Waals surface area contributed by atoms with Gasteiger partial charge in [0.25, 0.3) is 0 Å². The number of nitrogens with one attached hydrogen (secondary N) is 2. The summed E-state index contributed by atoms with van der Waals surface area (Å²) < 4.78 is 10.5. The highest BCUT2D eigenvalue weighted by atomic mass is 16.7. The van der Waals surface area contributed by atoms with Crippen LogP contribution < -0.4 is 20.1 Å². The first kappa shape index (κ1) is 16.4. The molecule has 0 saturated heterocycles. The van der Waals surface area contributed by atoms with Gasteiger partial charge in [0.15, 0.2) is 11.5 Å². The average Bonchev–Trinajstić information content (AvgIpc) is 3.09. The predicted octanol–water partition coefficient (Wildman–Crippen LogP) is 2.12. The quantitative estimate of drug-likeness (QED) is 0.884. The van der Waals surface area contributed by atoms with Crippen LogP contribution in [0.1, 0.15) is 11.1 Å². The molecule has 0 radical (unpaired) electrons. The van der Waals surface area contributed by atoms with Gasteiger partial charge in [0, 0.05) is 24.8 Å². The molecule has 26 heavy (non-hydrogen) atoms. The van der Waals surface area contributed by atoms with Crippen molar-refractivity contribution in [3.63, 3.8) is 0 Å². The summed E-state index contributed by atoms with van der Waals surface area (Å²) in [7, 11) is 0. The normalized spacial score (nSPS) is 15.2. The van der Waals surface area contributed by atoms with E-state index in [2.05, 4.69) is 22.8 Å². The number of carbonyl (C=O) groups is 2. The van der Waals surface area contributed by atoms with E-state index in [1.807, 2.05) is 17.0 Å². The molecular formula is C19H19N3O4. The Morgan fingerprint density at radius 3 is 2.73 bits per heavy atom. The number of fused-ring (bicyclic) bond motifs is 2. The first-order valence-electron chi connectivity index (χ1n) is 8.47. The van der Waals surface area contributed by atoms with E-state index in [0.29, 0.717) is 23.7 Å². The molecule has 2 N–H and O–H groups in total. The Morgan fingerprint density at radius 1 is 1.04 bits per heavy atom. The van der Waals surface area contributed by atoms with Crippen LogP contribution in [-0.2, 0) is 17.8 Å². The third-order valence-corrected chi connectivity index (χ3v) is 4.46. The van der Waals surface area contributed by atoms with Crippen molar-refractivity contribution in [3.8, 4) is 11.5 Å². The summed E-state index contributed by atoms with van der Waals surface area (Å²) in [5.41, 5.74) is 3.09. The lowest BCUT2D eigenvalue weighted by molar-refractivity contribution is -0.121. The summed E-state index contributed by atoms with van der Waals surface area (Å²) in [5.74, 6) is 0.876. The zero-order valence-electron chi connectivity index (χ0n) is 14.2. The number of hydrogen-bond acceptors (Lipinski definition) is 5. The third kappa shape index (κ3) is 3.62. The minimum absolute atomic E-state index is 0.169. The lowest BCUT2D eigenvalue weighted by atomic mass is 10.00. The van der Waals surface area contributed by atoms with Crippen LogP contribution in [0, 0.1) is 0 Å². The maximum atomic E-state index is 12.2. The van der Waals surface area contributed by atoms with E-state index in [1.54, 1.807) is 18.2 Å². The molecule has 2 heterocycles. The van der Waals surface area contributed by atoms with Crippen LogP contribution in [0.5, 0.6) is 11.5 Å². The lowest BCUT2D eigenvalue weighted by Gasteiger charge is -2.27. The highest BCUT2D eigenvalue weighted by Gasteiger charge is 2.19. The first-order chi connectivity index (χ1) is 12.7. The smallest absolute Gasteiger partial charge is 0.325 e. The Kier molecular flexibility index (Phi) is 4.45. The maximum absolute atomic E-state index is 12.2. The number of anilines is 1. The van der Waals surface area contributed by atoms with Gasteiger partial charge in [-0.25, -0.2) is 4.79 Å². The van der Waals surface area contributed by atoms with Crippen LogP contribution in [0.25, 0.3) is 0 Å². The van der Waals surface area contributed by atoms with Crippen LogP contribution >= 0.6 is 0 Å². The molecule has 2 aliphatic rings. The summed E-state index contributed by atoms with van der Waals surface area (Å²) in [6, 6.07) is 12.7. The standard InChI is InChI=1S/C19H19N3O4/c23-18(11-22-8-7-13-3-1-2-4-14(13)10-22)21-19(24)20-15-5-6-16-17(9-15)26-12-25-16/h1-6,9H,7-8,10-12H2,(H2,20,21,23,24). The molecule has 7 heteroatoms. The number of imide groups is 1. The van der Waals surface area contributed by atoms with Gasteiger partial charge in [0.2, 0.25) is 12.7 Å². The summed E-state index contributed by atoms with van der Waals surface area (Å²) in [4.78, 5) is 26.2. The van der Waals surface area contributed by atoms with Gasteiger partial charge in [-0.2, -0.15) is 0 Å². The molecule has 2 aromatic rings. The molecule has 0 aliphatic carbocycles. The van der Waals surface area contributed by atoms with E-state index >= 15 is 0 Å². The SMILES string of the molecule is O=C(CN1CCc2ccccc2C1)NC(=O)Nc1ccc2c(c1)OCO2. The van der Waals surface area contributed by atoms with E-state index in [-0.39, 0.29) is 19.2 Å². The van der Waals surface area contributed by atoms with E-state index in [0.717, 1.165) is 13.0 Å². The molecule has 0 fully saturated rings. The number of rotatable bonds is 3. The maximum Gasteiger partial charge on any atom is 0.325 e. The lowest BCUT2D eigenvalue weighted by Crippen LogP contribution is -2.43. The van der Waals surface area contributed by atoms with Crippen molar-refractivity contribution in [1.29, 1.82) is 0 Å². The van der Waals surface area contributed by atoms with E-state index < -0.39 is 6.03 Å². The predicted molar refractivity (Wildman–Crippen MR) is 95.1 cm³/mol. The topological polar surface area (TPSA) is 79.9 Å². The number of nitrogens with zero attached hydrogens (tertiary/aromatic N) is 1. The molecule has 0 saturated carbocycles.